The molecular weight excluding hydrogens is 291 g/mol. The zero-order valence-corrected chi connectivity index (χ0v) is 11.0. The summed E-state index contributed by atoms with van der Waals surface area (Å²) in [6.45, 7) is 1.01. The highest BCUT2D eigenvalue weighted by Gasteiger charge is 2.32. The molecule has 0 bridgehead atoms. The molecule has 0 aliphatic carbocycles. The number of benzene rings is 1. The molecule has 0 saturated heterocycles. The molecule has 0 aliphatic heterocycles. The molecule has 0 radical (unpaired) electrons. The van der Waals surface area contributed by atoms with Gasteiger partial charge in [0.25, 0.3) is 0 Å². The average Bonchev–Trinajstić information content (AvgIpc) is 2.38. The van der Waals surface area contributed by atoms with Gasteiger partial charge in [-0.15, -0.1) is 13.2 Å². The van der Waals surface area contributed by atoms with Crippen molar-refractivity contribution in [2.45, 2.75) is 26.3 Å². The minimum Gasteiger partial charge on any atom is -0.466 e. The fourth-order valence-electron chi connectivity index (χ4n) is 1.64. The summed E-state index contributed by atoms with van der Waals surface area (Å²) in [6.07, 6.45) is -5.23. The first kappa shape index (κ1) is 16.8. The maximum Gasteiger partial charge on any atom is 0.573 e. The maximum atomic E-state index is 12.2. The molecule has 1 aromatic rings. The molecule has 1 rings (SSSR count). The summed E-state index contributed by atoms with van der Waals surface area (Å²) in [6, 6.07) is 3.65. The van der Waals surface area contributed by atoms with Gasteiger partial charge in [-0.1, -0.05) is 0 Å². The molecule has 0 spiro atoms. The van der Waals surface area contributed by atoms with Crippen LogP contribution >= 0.6 is 0 Å². The Labute approximate surface area is 118 Å². The lowest BCUT2D eigenvalue weighted by atomic mass is 10.0. The van der Waals surface area contributed by atoms with Crippen molar-refractivity contribution in [3.63, 3.8) is 0 Å². The maximum absolute atomic E-state index is 12.2. The number of esters is 1. The molecule has 1 N–H and O–H groups in total. The number of nitrogens with zero attached hydrogens (tertiary/aromatic N) is 1. The van der Waals surface area contributed by atoms with Crippen molar-refractivity contribution < 1.29 is 32.5 Å². The van der Waals surface area contributed by atoms with Crippen LogP contribution in [0.15, 0.2) is 12.1 Å². The Morgan fingerprint density at radius 1 is 1.38 bits per heavy atom. The largest absolute Gasteiger partial charge is 0.573 e. The lowest BCUT2D eigenvalue weighted by molar-refractivity contribution is -0.275. The zero-order chi connectivity index (χ0) is 16.0. The fraction of sp³-hybridized carbons (Fsp3) is 0.385. The van der Waals surface area contributed by atoms with Gasteiger partial charge in [-0.25, -0.2) is 0 Å². The summed E-state index contributed by atoms with van der Waals surface area (Å²) in [5.74, 6) is -1.29. The second-order valence-electron chi connectivity index (χ2n) is 3.92. The van der Waals surface area contributed by atoms with Crippen LogP contribution in [0.2, 0.25) is 0 Å². The summed E-state index contributed by atoms with van der Waals surface area (Å²) >= 11 is 0. The van der Waals surface area contributed by atoms with Gasteiger partial charge in [0.1, 0.15) is 5.75 Å². The van der Waals surface area contributed by atoms with E-state index in [1.165, 1.54) is 0 Å². The van der Waals surface area contributed by atoms with E-state index in [0.29, 0.717) is 0 Å². The number of hydrogen-bond donors (Lipinski definition) is 1. The number of aliphatic hydroxyl groups excluding tert-OH is 1. The minimum absolute atomic E-state index is 0.142. The van der Waals surface area contributed by atoms with Gasteiger partial charge in [0, 0.05) is 5.56 Å². The second kappa shape index (κ2) is 6.95. The monoisotopic (exact) mass is 303 g/mol. The molecule has 8 heteroatoms. The Morgan fingerprint density at radius 3 is 2.52 bits per heavy atom. The summed E-state index contributed by atoms with van der Waals surface area (Å²) in [5, 5.41) is 18.0. The van der Waals surface area contributed by atoms with E-state index in [-0.39, 0.29) is 29.7 Å². The van der Waals surface area contributed by atoms with Gasteiger partial charge in [0.2, 0.25) is 0 Å². The molecule has 0 heterocycles. The molecule has 0 aromatic heterocycles. The second-order valence-corrected chi connectivity index (χ2v) is 3.92. The number of carbonyl (C=O) groups is 1. The van der Waals surface area contributed by atoms with Crippen molar-refractivity contribution in [3.8, 4) is 11.8 Å². The standard InChI is InChI=1S/C13H12F3NO4/c1-2-20-12(19)5-8-3-10(7-18)11(4-9(8)6-17)21-13(14,15)16/h3-4,18H,2,5,7H2,1H3. The number of rotatable bonds is 5. The first-order valence-corrected chi connectivity index (χ1v) is 5.88. The number of aliphatic hydroxyl groups is 1. The zero-order valence-electron chi connectivity index (χ0n) is 11.0. The van der Waals surface area contributed by atoms with Crippen LogP contribution in [0, 0.1) is 11.3 Å². The number of alkyl halides is 3. The summed E-state index contributed by atoms with van der Waals surface area (Å²) in [5.41, 5.74) is -0.167. The van der Waals surface area contributed by atoms with Gasteiger partial charge in [-0.3, -0.25) is 4.79 Å². The molecule has 0 amide bonds. The van der Waals surface area contributed by atoms with Crippen molar-refractivity contribution in [3.05, 3.63) is 28.8 Å². The van der Waals surface area contributed by atoms with Gasteiger partial charge in [0.15, 0.2) is 0 Å². The smallest absolute Gasteiger partial charge is 0.466 e. The average molecular weight is 303 g/mol. The highest BCUT2D eigenvalue weighted by atomic mass is 19.4. The molecule has 21 heavy (non-hydrogen) atoms. The number of nitriles is 1. The summed E-state index contributed by atoms with van der Waals surface area (Å²) in [4.78, 5) is 11.4. The molecular formula is C13H12F3NO4. The SMILES string of the molecule is CCOC(=O)Cc1cc(CO)c(OC(F)(F)F)cc1C#N. The predicted molar refractivity (Wildman–Crippen MR) is 64.1 cm³/mol. The van der Waals surface area contributed by atoms with Crippen LogP contribution in [0.25, 0.3) is 0 Å². The molecule has 0 fully saturated rings. The number of carbonyl (C=O) groups excluding carboxylic acids is 1. The molecule has 5 nitrogen and oxygen atoms in total. The highest BCUT2D eigenvalue weighted by molar-refractivity contribution is 5.74. The summed E-state index contributed by atoms with van der Waals surface area (Å²) in [7, 11) is 0. The number of hydrogen-bond acceptors (Lipinski definition) is 5. The van der Waals surface area contributed by atoms with Gasteiger partial charge < -0.3 is 14.6 Å². The van der Waals surface area contributed by atoms with Crippen LogP contribution in [0.4, 0.5) is 13.2 Å². The Morgan fingerprint density at radius 2 is 2.05 bits per heavy atom. The van der Waals surface area contributed by atoms with Crippen molar-refractivity contribution >= 4 is 5.97 Å². The van der Waals surface area contributed by atoms with Crippen LogP contribution in [0.5, 0.6) is 5.75 Å². The van der Waals surface area contributed by atoms with Gasteiger partial charge in [-0.2, -0.15) is 5.26 Å². The van der Waals surface area contributed by atoms with Crippen LogP contribution in [0.3, 0.4) is 0 Å². The Bertz CT molecular complexity index is 564. The number of ether oxygens (including phenoxy) is 2. The normalized spacial score (nSPS) is 10.9. The van der Waals surface area contributed by atoms with Crippen LogP contribution in [-0.4, -0.2) is 24.0 Å². The van der Waals surface area contributed by atoms with Crippen molar-refractivity contribution in [1.29, 1.82) is 5.26 Å². The van der Waals surface area contributed by atoms with E-state index in [1.807, 2.05) is 0 Å². The third kappa shape index (κ3) is 4.96. The van der Waals surface area contributed by atoms with E-state index < -0.39 is 24.7 Å². The molecule has 0 unspecified atom stereocenters. The van der Waals surface area contributed by atoms with Crippen LogP contribution < -0.4 is 4.74 Å². The predicted octanol–water partition coefficient (Wildman–Crippen LogP) is 2.05. The first-order chi connectivity index (χ1) is 9.80. The van der Waals surface area contributed by atoms with E-state index in [1.54, 1.807) is 13.0 Å². The lowest BCUT2D eigenvalue weighted by Gasteiger charge is -2.14. The first-order valence-electron chi connectivity index (χ1n) is 5.88. The third-order valence-corrected chi connectivity index (χ3v) is 2.44. The van der Waals surface area contributed by atoms with E-state index in [9.17, 15) is 18.0 Å². The quantitative estimate of drug-likeness (QED) is 0.842. The molecule has 1 aromatic carbocycles. The van der Waals surface area contributed by atoms with Gasteiger partial charge in [0.05, 0.1) is 31.3 Å². The molecule has 0 saturated carbocycles. The third-order valence-electron chi connectivity index (χ3n) is 2.44. The van der Waals surface area contributed by atoms with Crippen molar-refractivity contribution in [1.82, 2.24) is 0 Å². The Kier molecular flexibility index (Phi) is 5.55. The van der Waals surface area contributed by atoms with Gasteiger partial charge in [-0.05, 0) is 24.6 Å². The Hall–Kier alpha value is -2.27. The van der Waals surface area contributed by atoms with E-state index in [2.05, 4.69) is 4.74 Å². The molecule has 114 valence electrons. The topological polar surface area (TPSA) is 79.6 Å². The van der Waals surface area contributed by atoms with Crippen molar-refractivity contribution in [2.75, 3.05) is 6.61 Å². The number of halogens is 3. The molecule has 0 atom stereocenters. The van der Waals surface area contributed by atoms with E-state index in [4.69, 9.17) is 15.1 Å². The minimum atomic E-state index is -4.95. The van der Waals surface area contributed by atoms with E-state index in [0.717, 1.165) is 12.1 Å². The molecule has 0 aliphatic rings. The highest BCUT2D eigenvalue weighted by Crippen LogP contribution is 2.29. The summed E-state index contributed by atoms with van der Waals surface area (Å²) < 4.78 is 45.2. The Balaban J connectivity index is 3.17. The van der Waals surface area contributed by atoms with Crippen molar-refractivity contribution in [2.24, 2.45) is 0 Å². The van der Waals surface area contributed by atoms with Gasteiger partial charge >= 0.3 is 12.3 Å². The van der Waals surface area contributed by atoms with Crippen LogP contribution in [0.1, 0.15) is 23.6 Å². The lowest BCUT2D eigenvalue weighted by Crippen LogP contribution is -2.19. The van der Waals surface area contributed by atoms with E-state index >= 15 is 0 Å². The van der Waals surface area contributed by atoms with Crippen LogP contribution in [-0.2, 0) is 22.6 Å². The fourth-order valence-corrected chi connectivity index (χ4v) is 1.64.